The molecule has 116 valence electrons. The number of hydrogen-bond acceptors (Lipinski definition) is 3. The lowest BCUT2D eigenvalue weighted by molar-refractivity contribution is -0.174. The van der Waals surface area contributed by atoms with Crippen LogP contribution in [0.4, 0.5) is 18.0 Å². The highest BCUT2D eigenvalue weighted by molar-refractivity contribution is 5.82. The molecule has 0 aromatic rings. The molecule has 1 saturated heterocycles. The molecule has 1 heterocycles. The lowest BCUT2D eigenvalue weighted by Gasteiger charge is -2.32. The third kappa shape index (κ3) is 5.26. The molecule has 0 atom stereocenters. The van der Waals surface area contributed by atoms with Crippen molar-refractivity contribution >= 4 is 12.0 Å². The number of carbonyl (C=O) groups excluding carboxylic acids is 2. The molecule has 0 aliphatic carbocycles. The summed E-state index contributed by atoms with van der Waals surface area (Å²) in [4.78, 5) is 23.9. The Balaban J connectivity index is 2.33. The van der Waals surface area contributed by atoms with Gasteiger partial charge in [0.05, 0.1) is 6.61 Å². The molecule has 8 heteroatoms. The molecule has 1 fully saturated rings. The summed E-state index contributed by atoms with van der Waals surface area (Å²) >= 11 is 0. The number of piperidine rings is 1. The van der Waals surface area contributed by atoms with Gasteiger partial charge in [-0.25, -0.2) is 4.79 Å². The van der Waals surface area contributed by atoms with Crippen LogP contribution < -0.4 is 5.32 Å². The summed E-state index contributed by atoms with van der Waals surface area (Å²) < 4.78 is 41.3. The molecule has 0 saturated carbocycles. The van der Waals surface area contributed by atoms with Gasteiger partial charge in [0.15, 0.2) is 0 Å². The average molecular weight is 296 g/mol. The van der Waals surface area contributed by atoms with E-state index in [0.29, 0.717) is 19.4 Å². The Morgan fingerprint density at radius 1 is 1.30 bits per heavy atom. The van der Waals surface area contributed by atoms with E-state index in [0.717, 1.165) is 0 Å². The summed E-state index contributed by atoms with van der Waals surface area (Å²) in [7, 11) is 0. The zero-order valence-corrected chi connectivity index (χ0v) is 11.5. The molecule has 1 rings (SSSR count). The topological polar surface area (TPSA) is 58.6 Å². The summed E-state index contributed by atoms with van der Waals surface area (Å²) in [6, 6.07) is -0.557. The molecule has 0 aromatic heterocycles. The molecule has 0 radical (unpaired) electrons. The van der Waals surface area contributed by atoms with Crippen LogP contribution in [0.25, 0.3) is 0 Å². The van der Waals surface area contributed by atoms with Gasteiger partial charge in [-0.1, -0.05) is 13.8 Å². The summed E-state index contributed by atoms with van der Waals surface area (Å²) in [5, 5.41) is 1.93. The number of likely N-dealkylation sites (tertiary alicyclic amines) is 1. The minimum atomic E-state index is -4.87. The lowest BCUT2D eigenvalue weighted by Crippen LogP contribution is -2.49. The van der Waals surface area contributed by atoms with Gasteiger partial charge in [-0.2, -0.15) is 13.2 Å². The van der Waals surface area contributed by atoms with Crippen LogP contribution in [-0.2, 0) is 9.53 Å². The van der Waals surface area contributed by atoms with Crippen LogP contribution in [0.2, 0.25) is 0 Å². The Bertz CT molecular complexity index is 350. The summed E-state index contributed by atoms with van der Waals surface area (Å²) in [6.45, 7) is 4.68. The van der Waals surface area contributed by atoms with Crippen molar-refractivity contribution in [2.24, 2.45) is 5.92 Å². The van der Waals surface area contributed by atoms with Crippen LogP contribution in [0.3, 0.4) is 0 Å². The first-order valence-corrected chi connectivity index (χ1v) is 6.49. The van der Waals surface area contributed by atoms with E-state index in [2.05, 4.69) is 0 Å². The van der Waals surface area contributed by atoms with Crippen LogP contribution >= 0.6 is 0 Å². The van der Waals surface area contributed by atoms with Gasteiger partial charge in [0, 0.05) is 19.1 Å². The van der Waals surface area contributed by atoms with E-state index in [1.807, 2.05) is 19.2 Å². The Morgan fingerprint density at radius 3 is 2.30 bits per heavy atom. The number of alkyl halides is 3. The van der Waals surface area contributed by atoms with Gasteiger partial charge in [0.25, 0.3) is 0 Å². The summed E-state index contributed by atoms with van der Waals surface area (Å²) in [5.74, 6) is -1.71. The van der Waals surface area contributed by atoms with Crippen molar-refractivity contribution in [1.29, 1.82) is 0 Å². The average Bonchev–Trinajstić information content (AvgIpc) is 2.35. The van der Waals surface area contributed by atoms with E-state index in [9.17, 15) is 22.8 Å². The monoisotopic (exact) mass is 296 g/mol. The number of amides is 2. The minimum Gasteiger partial charge on any atom is -0.449 e. The fourth-order valence-electron chi connectivity index (χ4n) is 1.80. The van der Waals surface area contributed by atoms with Gasteiger partial charge in [-0.15, -0.1) is 0 Å². The van der Waals surface area contributed by atoms with Crippen molar-refractivity contribution in [3.05, 3.63) is 0 Å². The highest BCUT2D eigenvalue weighted by atomic mass is 19.4. The van der Waals surface area contributed by atoms with Crippen molar-refractivity contribution in [3.8, 4) is 0 Å². The third-order valence-electron chi connectivity index (χ3n) is 2.89. The minimum absolute atomic E-state index is 0.225. The van der Waals surface area contributed by atoms with Gasteiger partial charge < -0.3 is 15.0 Å². The number of nitrogens with one attached hydrogen (secondary N) is 1. The van der Waals surface area contributed by atoms with Gasteiger partial charge in [0.1, 0.15) is 0 Å². The fourth-order valence-corrected chi connectivity index (χ4v) is 1.80. The van der Waals surface area contributed by atoms with Gasteiger partial charge >= 0.3 is 18.2 Å². The Labute approximate surface area is 115 Å². The molecule has 1 aliphatic rings. The van der Waals surface area contributed by atoms with E-state index in [1.54, 1.807) is 0 Å². The van der Waals surface area contributed by atoms with Gasteiger partial charge in [0.2, 0.25) is 0 Å². The highest BCUT2D eigenvalue weighted by Crippen LogP contribution is 2.17. The quantitative estimate of drug-likeness (QED) is 0.865. The number of rotatable bonds is 3. The molecule has 20 heavy (non-hydrogen) atoms. The number of halogens is 3. The Kier molecular flexibility index (Phi) is 5.64. The fraction of sp³-hybridized carbons (Fsp3) is 0.833. The SMILES string of the molecule is CC(C)COC(=O)N1CCC(NC(=O)C(F)(F)F)CC1. The van der Waals surface area contributed by atoms with Gasteiger partial charge in [-0.3, -0.25) is 4.79 Å². The molecule has 2 amide bonds. The smallest absolute Gasteiger partial charge is 0.449 e. The third-order valence-corrected chi connectivity index (χ3v) is 2.89. The summed E-state index contributed by atoms with van der Waals surface area (Å²) in [5.41, 5.74) is 0. The molecule has 0 unspecified atom stereocenters. The van der Waals surface area contributed by atoms with Crippen molar-refractivity contribution < 1.29 is 27.5 Å². The molecular formula is C12H19F3N2O3. The van der Waals surface area contributed by atoms with Gasteiger partial charge in [-0.05, 0) is 18.8 Å². The van der Waals surface area contributed by atoms with E-state index in [1.165, 1.54) is 4.90 Å². The number of nitrogens with zero attached hydrogens (tertiary/aromatic N) is 1. The molecule has 0 bridgehead atoms. The van der Waals surface area contributed by atoms with Crippen LogP contribution in [0.5, 0.6) is 0 Å². The van der Waals surface area contributed by atoms with Crippen molar-refractivity contribution in [2.45, 2.75) is 38.9 Å². The lowest BCUT2D eigenvalue weighted by atomic mass is 10.1. The first-order chi connectivity index (χ1) is 9.20. The Hall–Kier alpha value is -1.47. The second kappa shape index (κ2) is 6.81. The maximum Gasteiger partial charge on any atom is 0.471 e. The first kappa shape index (κ1) is 16.6. The van der Waals surface area contributed by atoms with Crippen LogP contribution in [0.15, 0.2) is 0 Å². The van der Waals surface area contributed by atoms with Crippen molar-refractivity contribution in [2.75, 3.05) is 19.7 Å². The van der Waals surface area contributed by atoms with E-state index >= 15 is 0 Å². The van der Waals surface area contributed by atoms with E-state index < -0.39 is 24.2 Å². The predicted molar refractivity (Wildman–Crippen MR) is 65.0 cm³/mol. The molecule has 1 aliphatic heterocycles. The summed E-state index contributed by atoms with van der Waals surface area (Å²) in [6.07, 6.45) is -4.75. The van der Waals surface area contributed by atoms with E-state index in [4.69, 9.17) is 4.74 Å². The standard InChI is InChI=1S/C12H19F3N2O3/c1-8(2)7-20-11(19)17-5-3-9(4-6-17)16-10(18)12(13,14)15/h8-9H,3-7H2,1-2H3,(H,16,18). The molecule has 5 nitrogen and oxygen atoms in total. The molecule has 0 aromatic carbocycles. The maximum absolute atomic E-state index is 12.1. The van der Waals surface area contributed by atoms with Crippen LogP contribution in [0.1, 0.15) is 26.7 Å². The van der Waals surface area contributed by atoms with E-state index in [-0.39, 0.29) is 19.0 Å². The zero-order chi connectivity index (χ0) is 15.3. The highest BCUT2D eigenvalue weighted by Gasteiger charge is 2.40. The van der Waals surface area contributed by atoms with Crippen LogP contribution in [0, 0.1) is 5.92 Å². The Morgan fingerprint density at radius 2 is 1.85 bits per heavy atom. The van der Waals surface area contributed by atoms with Crippen LogP contribution in [-0.4, -0.2) is 48.8 Å². The molecular weight excluding hydrogens is 277 g/mol. The van der Waals surface area contributed by atoms with Crippen molar-refractivity contribution in [3.63, 3.8) is 0 Å². The number of ether oxygens (including phenoxy) is 1. The number of hydrogen-bond donors (Lipinski definition) is 1. The largest absolute Gasteiger partial charge is 0.471 e. The second-order valence-corrected chi connectivity index (χ2v) is 5.20. The molecule has 0 spiro atoms. The normalized spacial score (nSPS) is 17.2. The first-order valence-electron chi connectivity index (χ1n) is 6.49. The zero-order valence-electron chi connectivity index (χ0n) is 11.5. The van der Waals surface area contributed by atoms with Crippen molar-refractivity contribution in [1.82, 2.24) is 10.2 Å². The second-order valence-electron chi connectivity index (χ2n) is 5.20. The maximum atomic E-state index is 12.1. The molecule has 1 N–H and O–H groups in total. The number of carbonyl (C=O) groups is 2. The predicted octanol–water partition coefficient (Wildman–Crippen LogP) is 1.92.